The summed E-state index contributed by atoms with van der Waals surface area (Å²) in [6.07, 6.45) is 2.01. The van der Waals surface area contributed by atoms with Gasteiger partial charge in [0.15, 0.2) is 0 Å². The van der Waals surface area contributed by atoms with Gasteiger partial charge in [-0.1, -0.05) is 18.2 Å². The van der Waals surface area contributed by atoms with Crippen molar-refractivity contribution in [2.45, 2.75) is 39.2 Å². The number of esters is 1. The van der Waals surface area contributed by atoms with Gasteiger partial charge in [0.25, 0.3) is 0 Å². The van der Waals surface area contributed by atoms with E-state index in [1.54, 1.807) is 6.07 Å². The number of anilines is 1. The van der Waals surface area contributed by atoms with Crippen molar-refractivity contribution in [3.63, 3.8) is 0 Å². The van der Waals surface area contributed by atoms with Crippen molar-refractivity contribution in [1.82, 2.24) is 0 Å². The van der Waals surface area contributed by atoms with Gasteiger partial charge in [0.2, 0.25) is 0 Å². The Labute approximate surface area is 229 Å². The van der Waals surface area contributed by atoms with Crippen molar-refractivity contribution in [2.24, 2.45) is 0 Å². The van der Waals surface area contributed by atoms with Gasteiger partial charge in [-0.15, -0.1) is 0 Å². The molecule has 4 rings (SSSR count). The molecule has 0 aromatic heterocycles. The van der Waals surface area contributed by atoms with E-state index in [1.807, 2.05) is 38.1 Å². The summed E-state index contributed by atoms with van der Waals surface area (Å²) in [4.78, 5) is 11.4. The first kappa shape index (κ1) is 28.4. The van der Waals surface area contributed by atoms with Gasteiger partial charge >= 0.3 is 5.97 Å². The zero-order chi connectivity index (χ0) is 28.2. The van der Waals surface area contributed by atoms with Crippen LogP contribution in [0.1, 0.15) is 41.1 Å². The third-order valence-electron chi connectivity index (χ3n) is 6.72. The van der Waals surface area contributed by atoms with Gasteiger partial charge in [-0.25, -0.2) is 12.8 Å². The average Bonchev–Trinajstić information content (AvgIpc) is 2.88. The number of fused-ring (bicyclic) bond motifs is 1. The molecule has 0 amide bonds. The number of hydrogen-bond donors (Lipinski definition) is 1. The fraction of sp³-hybridized carbons (Fsp3) is 0.367. The Kier molecular flexibility index (Phi) is 8.80. The maximum Gasteiger partial charge on any atom is 0.305 e. The van der Waals surface area contributed by atoms with Crippen molar-refractivity contribution < 1.29 is 31.8 Å². The Morgan fingerprint density at radius 2 is 1.87 bits per heavy atom. The maximum atomic E-state index is 14.7. The zero-order valence-electron chi connectivity index (χ0n) is 22.7. The topological polar surface area (TPSA) is 90.9 Å². The predicted molar refractivity (Wildman–Crippen MR) is 150 cm³/mol. The molecule has 0 spiro atoms. The second-order valence-electron chi connectivity index (χ2n) is 9.91. The summed E-state index contributed by atoms with van der Waals surface area (Å²) in [5, 5.41) is 3.39. The average molecular weight is 556 g/mol. The van der Waals surface area contributed by atoms with Crippen LogP contribution in [0.15, 0.2) is 48.5 Å². The van der Waals surface area contributed by atoms with Crippen LogP contribution in [-0.2, 0) is 25.8 Å². The van der Waals surface area contributed by atoms with E-state index in [1.165, 1.54) is 19.4 Å². The lowest BCUT2D eigenvalue weighted by atomic mass is 9.92. The number of sulfone groups is 1. The maximum absolute atomic E-state index is 14.7. The number of ether oxygens (including phenoxy) is 3. The van der Waals surface area contributed by atoms with Crippen molar-refractivity contribution in [1.29, 1.82) is 0 Å². The van der Waals surface area contributed by atoms with Crippen LogP contribution in [-0.4, -0.2) is 46.7 Å². The van der Waals surface area contributed by atoms with Gasteiger partial charge in [0.05, 0.1) is 31.2 Å². The van der Waals surface area contributed by atoms with Gasteiger partial charge < -0.3 is 19.5 Å². The summed E-state index contributed by atoms with van der Waals surface area (Å²) in [5.41, 5.74) is 6.22. The number of nitrogens with one attached hydrogen (secondary N) is 1. The van der Waals surface area contributed by atoms with E-state index in [0.717, 1.165) is 27.8 Å². The summed E-state index contributed by atoms with van der Waals surface area (Å²) in [7, 11) is -1.69. The zero-order valence-corrected chi connectivity index (χ0v) is 23.5. The second kappa shape index (κ2) is 12.1. The molecule has 0 saturated carbocycles. The number of methoxy groups -OCH3 is 1. The molecule has 0 aliphatic carbocycles. The number of hydrogen-bond acceptors (Lipinski definition) is 7. The number of carbonyl (C=O) groups is 1. The van der Waals surface area contributed by atoms with Crippen LogP contribution in [0.5, 0.6) is 11.5 Å². The lowest BCUT2D eigenvalue weighted by Crippen LogP contribution is -2.24. The van der Waals surface area contributed by atoms with Gasteiger partial charge in [0.1, 0.15) is 33.8 Å². The quantitative estimate of drug-likeness (QED) is 0.258. The highest BCUT2D eigenvalue weighted by Crippen LogP contribution is 2.38. The molecule has 208 valence electrons. The van der Waals surface area contributed by atoms with Gasteiger partial charge in [-0.2, -0.15) is 0 Å². The molecule has 1 heterocycles. The van der Waals surface area contributed by atoms with E-state index in [2.05, 4.69) is 22.2 Å². The van der Waals surface area contributed by atoms with Crippen LogP contribution in [0, 0.1) is 19.7 Å². The molecule has 9 heteroatoms. The largest absolute Gasteiger partial charge is 0.494 e. The lowest BCUT2D eigenvalue weighted by molar-refractivity contribution is -0.140. The van der Waals surface area contributed by atoms with Gasteiger partial charge in [-0.3, -0.25) is 4.79 Å². The van der Waals surface area contributed by atoms with Crippen LogP contribution in [0.3, 0.4) is 0 Å². The van der Waals surface area contributed by atoms with E-state index >= 15 is 0 Å². The standard InChI is InChI=1S/C30H34FNO6S/c1-19-13-24(37-11-6-12-39(4,34)35)14-20(2)30(19)23-8-5-7-22(15-23)27-18-38-28-16-21(9-10-29(33)36-3)25(31)17-26(28)32-27/h5,7-8,13-17,27,32H,6,9-12,18H2,1-4H3. The van der Waals surface area contributed by atoms with Crippen LogP contribution in [0.25, 0.3) is 11.1 Å². The molecule has 1 atom stereocenters. The molecule has 1 aliphatic heterocycles. The first-order chi connectivity index (χ1) is 18.5. The lowest BCUT2D eigenvalue weighted by Gasteiger charge is -2.29. The molecule has 7 nitrogen and oxygen atoms in total. The molecule has 1 N–H and O–H groups in total. The fourth-order valence-electron chi connectivity index (χ4n) is 4.82. The number of rotatable bonds is 10. The smallest absolute Gasteiger partial charge is 0.305 e. The number of benzene rings is 3. The minimum Gasteiger partial charge on any atom is -0.494 e. The molecule has 3 aromatic carbocycles. The molecule has 39 heavy (non-hydrogen) atoms. The molecule has 1 aliphatic rings. The normalized spacial score (nSPS) is 14.6. The highest BCUT2D eigenvalue weighted by atomic mass is 32.2. The van der Waals surface area contributed by atoms with Crippen molar-refractivity contribution in [3.05, 3.63) is 76.6 Å². The van der Waals surface area contributed by atoms with Gasteiger partial charge in [0, 0.05) is 18.7 Å². The molecule has 3 aromatic rings. The first-order valence-corrected chi connectivity index (χ1v) is 14.9. The summed E-state index contributed by atoms with van der Waals surface area (Å²) in [6, 6.07) is 15.0. The number of carbonyl (C=O) groups excluding carboxylic acids is 1. The van der Waals surface area contributed by atoms with E-state index < -0.39 is 15.7 Å². The van der Waals surface area contributed by atoms with Crippen LogP contribution < -0.4 is 14.8 Å². The van der Waals surface area contributed by atoms with Gasteiger partial charge in [-0.05, 0) is 84.3 Å². The van der Waals surface area contributed by atoms with Crippen LogP contribution in [0.4, 0.5) is 10.1 Å². The third kappa shape index (κ3) is 7.29. The second-order valence-corrected chi connectivity index (χ2v) is 12.2. The first-order valence-electron chi connectivity index (χ1n) is 12.8. The number of halogens is 1. The molecular formula is C30H34FNO6S. The predicted octanol–water partition coefficient (Wildman–Crippen LogP) is 5.57. The third-order valence-corrected chi connectivity index (χ3v) is 7.75. The Hall–Kier alpha value is -3.59. The monoisotopic (exact) mass is 555 g/mol. The molecule has 1 unspecified atom stereocenters. The molecule has 0 saturated heterocycles. The van der Waals surface area contributed by atoms with E-state index in [-0.39, 0.29) is 30.6 Å². The molecular weight excluding hydrogens is 521 g/mol. The van der Waals surface area contributed by atoms with Crippen molar-refractivity contribution >= 4 is 21.5 Å². The Bertz CT molecular complexity index is 1450. The molecule has 0 bridgehead atoms. The van der Waals surface area contributed by atoms with Crippen molar-refractivity contribution in [3.8, 4) is 22.6 Å². The Morgan fingerprint density at radius 3 is 2.56 bits per heavy atom. The Morgan fingerprint density at radius 1 is 1.13 bits per heavy atom. The van der Waals surface area contributed by atoms with Crippen LogP contribution >= 0.6 is 0 Å². The summed E-state index contributed by atoms with van der Waals surface area (Å²) in [5.74, 6) is 0.590. The van der Waals surface area contributed by atoms with E-state index in [4.69, 9.17) is 9.47 Å². The molecule has 0 fully saturated rings. The summed E-state index contributed by atoms with van der Waals surface area (Å²) in [6.45, 7) is 4.76. The van der Waals surface area contributed by atoms with Crippen molar-refractivity contribution in [2.75, 3.05) is 37.6 Å². The number of aryl methyl sites for hydroxylation is 3. The van der Waals surface area contributed by atoms with E-state index in [0.29, 0.717) is 42.4 Å². The summed E-state index contributed by atoms with van der Waals surface area (Å²) < 4.78 is 53.9. The minimum absolute atomic E-state index is 0.0996. The summed E-state index contributed by atoms with van der Waals surface area (Å²) >= 11 is 0. The fourth-order valence-corrected chi connectivity index (χ4v) is 5.47. The highest BCUT2D eigenvalue weighted by molar-refractivity contribution is 7.90. The Balaban J connectivity index is 1.48. The highest BCUT2D eigenvalue weighted by Gasteiger charge is 2.23. The minimum atomic E-state index is -3.01. The van der Waals surface area contributed by atoms with E-state index in [9.17, 15) is 17.6 Å². The molecule has 0 radical (unpaired) electrons. The SMILES string of the molecule is COC(=O)CCc1cc2c(cc1F)NC(c1cccc(-c3c(C)cc(OCCCS(C)(=O)=O)cc3C)c1)CO2. The van der Waals surface area contributed by atoms with Crippen LogP contribution in [0.2, 0.25) is 0 Å².